The van der Waals surface area contributed by atoms with Gasteiger partial charge < -0.3 is 11.1 Å². The van der Waals surface area contributed by atoms with E-state index in [1.807, 2.05) is 13.0 Å². The highest BCUT2D eigenvalue weighted by molar-refractivity contribution is 8.01. The highest BCUT2D eigenvalue weighted by atomic mass is 32.2. The lowest BCUT2D eigenvalue weighted by Crippen LogP contribution is -2.00. The molecule has 2 heterocycles. The number of rotatable bonds is 3. The van der Waals surface area contributed by atoms with Gasteiger partial charge in [0.05, 0.1) is 0 Å². The van der Waals surface area contributed by atoms with E-state index >= 15 is 0 Å². The molecule has 0 saturated heterocycles. The second kappa shape index (κ2) is 4.62. The molecule has 0 amide bonds. The third-order valence-corrected chi connectivity index (χ3v) is 3.48. The molecule has 0 unspecified atom stereocenters. The van der Waals surface area contributed by atoms with Gasteiger partial charge in [0.2, 0.25) is 5.95 Å². The van der Waals surface area contributed by atoms with Crippen molar-refractivity contribution in [3.05, 3.63) is 11.1 Å². The molecule has 8 heteroatoms. The van der Waals surface area contributed by atoms with Gasteiger partial charge in [0, 0.05) is 13.1 Å². The smallest absolute Gasteiger partial charge is 0.223 e. The average Bonchev–Trinajstić information content (AvgIpc) is 2.63. The molecule has 0 saturated carbocycles. The van der Waals surface area contributed by atoms with Crippen LogP contribution in [-0.4, -0.2) is 27.2 Å². The van der Waals surface area contributed by atoms with E-state index in [1.165, 1.54) is 23.1 Å². The van der Waals surface area contributed by atoms with Crippen LogP contribution in [0.15, 0.2) is 15.4 Å². The van der Waals surface area contributed by atoms with Crippen LogP contribution in [0.25, 0.3) is 0 Å². The van der Waals surface area contributed by atoms with Crippen LogP contribution in [0.4, 0.5) is 11.8 Å². The van der Waals surface area contributed by atoms with Gasteiger partial charge in [0.1, 0.15) is 15.9 Å². The minimum absolute atomic E-state index is 0.246. The van der Waals surface area contributed by atoms with Crippen LogP contribution in [-0.2, 0) is 0 Å². The Hall–Kier alpha value is -1.41. The summed E-state index contributed by atoms with van der Waals surface area (Å²) in [7, 11) is 1.78. The minimum atomic E-state index is 0.246. The molecule has 2 aromatic heterocycles. The van der Waals surface area contributed by atoms with Crippen molar-refractivity contribution in [2.45, 2.75) is 16.3 Å². The van der Waals surface area contributed by atoms with Crippen molar-refractivity contribution >= 4 is 34.9 Å². The fourth-order valence-electron chi connectivity index (χ4n) is 1.03. The Morgan fingerprint density at radius 2 is 2.19 bits per heavy atom. The van der Waals surface area contributed by atoms with Gasteiger partial charge in [-0.05, 0) is 18.7 Å². The summed E-state index contributed by atoms with van der Waals surface area (Å²) in [5.74, 6) is 0.937. The number of nitrogens with zero attached hydrogens (tertiary/aromatic N) is 4. The summed E-state index contributed by atoms with van der Waals surface area (Å²) in [6.07, 6.45) is 0. The molecule has 0 spiro atoms. The van der Waals surface area contributed by atoms with Crippen molar-refractivity contribution in [2.75, 3.05) is 18.1 Å². The van der Waals surface area contributed by atoms with E-state index in [4.69, 9.17) is 5.73 Å². The van der Waals surface area contributed by atoms with Gasteiger partial charge >= 0.3 is 0 Å². The van der Waals surface area contributed by atoms with Gasteiger partial charge in [-0.15, -0.1) is 10.2 Å². The van der Waals surface area contributed by atoms with E-state index in [9.17, 15) is 0 Å². The van der Waals surface area contributed by atoms with Gasteiger partial charge in [0.15, 0.2) is 4.34 Å². The van der Waals surface area contributed by atoms with Crippen LogP contribution in [0.5, 0.6) is 0 Å². The normalized spacial score (nSPS) is 10.4. The van der Waals surface area contributed by atoms with E-state index in [0.29, 0.717) is 5.82 Å². The Kier molecular flexibility index (Phi) is 3.20. The molecular formula is C8H10N6S2. The van der Waals surface area contributed by atoms with Gasteiger partial charge in [-0.3, -0.25) is 0 Å². The molecule has 3 N–H and O–H groups in total. The molecule has 16 heavy (non-hydrogen) atoms. The van der Waals surface area contributed by atoms with Gasteiger partial charge in [-0.1, -0.05) is 11.3 Å². The number of nitrogens with one attached hydrogen (secondary N) is 1. The maximum absolute atomic E-state index is 5.59. The summed E-state index contributed by atoms with van der Waals surface area (Å²) in [5, 5.41) is 12.5. The van der Waals surface area contributed by atoms with E-state index in [0.717, 1.165) is 14.4 Å². The Balaban J connectivity index is 2.24. The molecule has 0 radical (unpaired) electrons. The molecule has 0 aliphatic carbocycles. The molecule has 0 bridgehead atoms. The molecule has 84 valence electrons. The summed E-state index contributed by atoms with van der Waals surface area (Å²) in [4.78, 5) is 8.12. The summed E-state index contributed by atoms with van der Waals surface area (Å²) >= 11 is 2.95. The SMILES string of the molecule is CNc1cc(Sc2nnc(C)s2)nc(N)n1. The van der Waals surface area contributed by atoms with E-state index in [1.54, 1.807) is 7.05 Å². The zero-order valence-electron chi connectivity index (χ0n) is 8.76. The van der Waals surface area contributed by atoms with Crippen LogP contribution >= 0.6 is 23.1 Å². The van der Waals surface area contributed by atoms with Crippen LogP contribution in [0.2, 0.25) is 0 Å². The highest BCUT2D eigenvalue weighted by Crippen LogP contribution is 2.29. The minimum Gasteiger partial charge on any atom is -0.373 e. The third kappa shape index (κ3) is 2.58. The van der Waals surface area contributed by atoms with Gasteiger partial charge in [-0.2, -0.15) is 4.98 Å². The number of aromatic nitrogens is 4. The quantitative estimate of drug-likeness (QED) is 0.800. The van der Waals surface area contributed by atoms with E-state index in [-0.39, 0.29) is 5.95 Å². The lowest BCUT2D eigenvalue weighted by atomic mass is 10.6. The first-order valence-electron chi connectivity index (χ1n) is 4.47. The predicted molar refractivity (Wildman–Crippen MR) is 64.8 cm³/mol. The molecule has 6 nitrogen and oxygen atoms in total. The van der Waals surface area contributed by atoms with Crippen LogP contribution in [0.1, 0.15) is 5.01 Å². The van der Waals surface area contributed by atoms with Gasteiger partial charge in [-0.25, -0.2) is 4.98 Å². The maximum Gasteiger partial charge on any atom is 0.223 e. The Morgan fingerprint density at radius 1 is 1.38 bits per heavy atom. The second-order valence-electron chi connectivity index (χ2n) is 2.89. The van der Waals surface area contributed by atoms with Crippen molar-refractivity contribution in [3.63, 3.8) is 0 Å². The van der Waals surface area contributed by atoms with Gasteiger partial charge in [0.25, 0.3) is 0 Å². The van der Waals surface area contributed by atoms with Crippen molar-refractivity contribution < 1.29 is 0 Å². The third-order valence-electron chi connectivity index (χ3n) is 1.68. The summed E-state index contributed by atoms with van der Waals surface area (Å²) in [6.45, 7) is 1.91. The van der Waals surface area contributed by atoms with Crippen molar-refractivity contribution in [2.24, 2.45) is 0 Å². The topological polar surface area (TPSA) is 89.6 Å². The van der Waals surface area contributed by atoms with Crippen LogP contribution in [0, 0.1) is 6.92 Å². The fraction of sp³-hybridized carbons (Fsp3) is 0.250. The molecule has 0 atom stereocenters. The van der Waals surface area contributed by atoms with E-state index in [2.05, 4.69) is 25.5 Å². The summed E-state index contributed by atoms with van der Waals surface area (Å²) in [5.41, 5.74) is 5.59. The molecule has 0 fully saturated rings. The number of anilines is 2. The highest BCUT2D eigenvalue weighted by Gasteiger charge is 2.07. The summed E-state index contributed by atoms with van der Waals surface area (Å²) < 4.78 is 0.845. The largest absolute Gasteiger partial charge is 0.373 e. The fourth-order valence-corrected chi connectivity index (χ4v) is 2.80. The monoisotopic (exact) mass is 254 g/mol. The first kappa shape index (κ1) is 11.1. The Labute approximate surface area is 101 Å². The standard InChI is InChI=1S/C8H10N6S2/c1-4-13-14-8(15-4)16-6-3-5(10-2)11-7(9)12-6/h3H,1-2H3,(H3,9,10,11,12). The average molecular weight is 254 g/mol. The zero-order valence-corrected chi connectivity index (χ0v) is 10.4. The zero-order chi connectivity index (χ0) is 11.5. The van der Waals surface area contributed by atoms with Crippen molar-refractivity contribution in [1.82, 2.24) is 20.2 Å². The number of aryl methyl sites for hydroxylation is 1. The number of nitrogens with two attached hydrogens (primary N) is 1. The second-order valence-corrected chi connectivity index (χ2v) is 5.34. The molecule has 0 aliphatic rings. The number of nitrogen functional groups attached to an aromatic ring is 1. The van der Waals surface area contributed by atoms with Crippen LogP contribution in [0.3, 0.4) is 0 Å². The summed E-state index contributed by atoms with van der Waals surface area (Å²) in [6, 6.07) is 1.82. The van der Waals surface area contributed by atoms with Crippen molar-refractivity contribution in [1.29, 1.82) is 0 Å². The Bertz CT molecular complexity index is 497. The number of hydrogen-bond donors (Lipinski definition) is 2. The van der Waals surface area contributed by atoms with Crippen LogP contribution < -0.4 is 11.1 Å². The molecule has 2 rings (SSSR count). The van der Waals surface area contributed by atoms with Crippen molar-refractivity contribution in [3.8, 4) is 0 Å². The predicted octanol–water partition coefficient (Wildman–Crippen LogP) is 1.41. The Morgan fingerprint density at radius 3 is 2.81 bits per heavy atom. The maximum atomic E-state index is 5.59. The first-order valence-corrected chi connectivity index (χ1v) is 6.11. The molecule has 0 aromatic carbocycles. The molecule has 0 aliphatic heterocycles. The lowest BCUT2D eigenvalue weighted by molar-refractivity contribution is 0.979. The van der Waals surface area contributed by atoms with E-state index < -0.39 is 0 Å². The molecule has 2 aromatic rings. The lowest BCUT2D eigenvalue weighted by Gasteiger charge is -2.02. The first-order chi connectivity index (χ1) is 7.67. The molecular weight excluding hydrogens is 244 g/mol. The number of hydrogen-bond acceptors (Lipinski definition) is 8.